The molecule has 16 heavy (non-hydrogen) atoms. The molecule has 0 aliphatic rings. The van der Waals surface area contributed by atoms with Crippen LogP contribution >= 0.6 is 0 Å². The van der Waals surface area contributed by atoms with Gasteiger partial charge in [0.05, 0.1) is 0 Å². The molecule has 0 aromatic heterocycles. The number of hydrogen-bond donors (Lipinski definition) is 1. The highest BCUT2D eigenvalue weighted by molar-refractivity contribution is 5.23. The molecule has 1 atom stereocenters. The quantitative estimate of drug-likeness (QED) is 0.825. The Balaban J connectivity index is 2.71. The summed E-state index contributed by atoms with van der Waals surface area (Å²) in [4.78, 5) is 0. The number of hydrogen-bond acceptors (Lipinski definition) is 1. The van der Waals surface area contributed by atoms with E-state index >= 15 is 0 Å². The maximum absolute atomic E-state index is 5.86. The molecule has 0 radical (unpaired) electrons. The van der Waals surface area contributed by atoms with Gasteiger partial charge in [0, 0.05) is 0 Å². The van der Waals surface area contributed by atoms with Crippen LogP contribution in [0.25, 0.3) is 0 Å². The smallest absolute Gasteiger partial charge is 0.00407 e. The molecule has 2 N–H and O–H groups in total. The lowest BCUT2D eigenvalue weighted by atomic mass is 9.77. The van der Waals surface area contributed by atoms with Crippen molar-refractivity contribution < 1.29 is 0 Å². The van der Waals surface area contributed by atoms with Gasteiger partial charge in [-0.05, 0) is 41.8 Å². The first-order valence-electron chi connectivity index (χ1n) is 6.25. The highest BCUT2D eigenvalue weighted by Crippen LogP contribution is 2.28. The largest absolute Gasteiger partial charge is 0.330 e. The van der Waals surface area contributed by atoms with Crippen molar-refractivity contribution in [2.75, 3.05) is 6.54 Å². The number of aryl methyl sites for hydroxylation is 1. The lowest BCUT2D eigenvalue weighted by molar-refractivity contribution is 0.246. The zero-order valence-corrected chi connectivity index (χ0v) is 11.1. The van der Waals surface area contributed by atoms with E-state index in [9.17, 15) is 0 Å². The summed E-state index contributed by atoms with van der Waals surface area (Å²) in [6, 6.07) is 8.94. The maximum atomic E-state index is 5.86. The Bertz CT molecular complexity index is 305. The fraction of sp³-hybridized carbons (Fsp3) is 0.600. The summed E-state index contributed by atoms with van der Waals surface area (Å²) < 4.78 is 0. The minimum atomic E-state index is 0.290. The number of benzene rings is 1. The molecule has 1 unspecified atom stereocenters. The molecule has 1 heteroatoms. The van der Waals surface area contributed by atoms with E-state index in [1.165, 1.54) is 11.1 Å². The van der Waals surface area contributed by atoms with Gasteiger partial charge in [0.25, 0.3) is 0 Å². The van der Waals surface area contributed by atoms with Gasteiger partial charge in [-0.1, -0.05) is 52.0 Å². The minimum Gasteiger partial charge on any atom is -0.330 e. The van der Waals surface area contributed by atoms with Gasteiger partial charge in [-0.3, -0.25) is 0 Å². The molecular weight excluding hydrogens is 194 g/mol. The average Bonchev–Trinajstić information content (AvgIpc) is 2.25. The van der Waals surface area contributed by atoms with Gasteiger partial charge in [0.1, 0.15) is 0 Å². The highest BCUT2D eigenvalue weighted by atomic mass is 14.6. The molecule has 0 saturated carbocycles. The van der Waals surface area contributed by atoms with Gasteiger partial charge >= 0.3 is 0 Å². The lowest BCUT2D eigenvalue weighted by Crippen LogP contribution is -2.29. The summed E-state index contributed by atoms with van der Waals surface area (Å²) in [7, 11) is 0. The second kappa shape index (κ2) is 5.49. The molecule has 90 valence electrons. The van der Waals surface area contributed by atoms with E-state index in [1.807, 2.05) is 0 Å². The Kier molecular flexibility index (Phi) is 4.55. The van der Waals surface area contributed by atoms with Crippen LogP contribution in [0.5, 0.6) is 0 Å². The maximum Gasteiger partial charge on any atom is -0.00407 e. The van der Waals surface area contributed by atoms with Crippen molar-refractivity contribution in [3.63, 3.8) is 0 Å². The predicted molar refractivity (Wildman–Crippen MR) is 71.5 cm³/mol. The van der Waals surface area contributed by atoms with Crippen molar-refractivity contribution in [3.8, 4) is 0 Å². The van der Waals surface area contributed by atoms with Crippen molar-refractivity contribution in [2.45, 2.75) is 40.5 Å². The first kappa shape index (κ1) is 13.2. The van der Waals surface area contributed by atoms with Crippen molar-refractivity contribution >= 4 is 0 Å². The third-order valence-electron chi connectivity index (χ3n) is 3.42. The van der Waals surface area contributed by atoms with Crippen molar-refractivity contribution in [3.05, 3.63) is 35.4 Å². The molecule has 0 spiro atoms. The van der Waals surface area contributed by atoms with E-state index in [2.05, 4.69) is 52.0 Å². The summed E-state index contributed by atoms with van der Waals surface area (Å²) in [5, 5.41) is 0. The molecular formula is C15H25N. The molecule has 0 aliphatic carbocycles. The zero-order valence-electron chi connectivity index (χ0n) is 11.1. The molecule has 0 aliphatic heterocycles. The van der Waals surface area contributed by atoms with Crippen LogP contribution in [0.3, 0.4) is 0 Å². The normalized spacial score (nSPS) is 13.8. The lowest BCUT2D eigenvalue weighted by Gasteiger charge is -2.29. The Hall–Kier alpha value is -0.820. The molecule has 0 heterocycles. The summed E-state index contributed by atoms with van der Waals surface area (Å²) in [5.74, 6) is 0.556. The summed E-state index contributed by atoms with van der Waals surface area (Å²) in [6.45, 7) is 9.76. The van der Waals surface area contributed by atoms with Gasteiger partial charge in [-0.25, -0.2) is 0 Å². The second-order valence-corrected chi connectivity index (χ2v) is 5.67. The third-order valence-corrected chi connectivity index (χ3v) is 3.42. The van der Waals surface area contributed by atoms with Crippen LogP contribution in [0.1, 0.15) is 38.8 Å². The van der Waals surface area contributed by atoms with Crippen LogP contribution in [0.4, 0.5) is 0 Å². The monoisotopic (exact) mass is 219 g/mol. The summed E-state index contributed by atoms with van der Waals surface area (Å²) in [6.07, 6.45) is 2.20. The van der Waals surface area contributed by atoms with Crippen molar-refractivity contribution in [2.24, 2.45) is 17.1 Å². The van der Waals surface area contributed by atoms with Crippen LogP contribution in [0, 0.1) is 11.3 Å². The molecule has 1 aromatic carbocycles. The van der Waals surface area contributed by atoms with Gasteiger partial charge in [-0.2, -0.15) is 0 Å². The first-order valence-corrected chi connectivity index (χ1v) is 6.25. The van der Waals surface area contributed by atoms with Gasteiger partial charge < -0.3 is 5.73 Å². The van der Waals surface area contributed by atoms with Crippen molar-refractivity contribution in [1.29, 1.82) is 0 Å². The van der Waals surface area contributed by atoms with Gasteiger partial charge in [0.2, 0.25) is 0 Å². The van der Waals surface area contributed by atoms with Crippen LogP contribution in [-0.2, 0) is 12.8 Å². The SMILES string of the molecule is CCc1ccc(CC(CN)C(C)(C)C)cc1. The fourth-order valence-electron chi connectivity index (χ4n) is 1.94. The summed E-state index contributed by atoms with van der Waals surface area (Å²) >= 11 is 0. The van der Waals surface area contributed by atoms with E-state index in [0.29, 0.717) is 5.92 Å². The fourth-order valence-corrected chi connectivity index (χ4v) is 1.94. The molecule has 1 rings (SSSR count). The minimum absolute atomic E-state index is 0.290. The molecule has 0 fully saturated rings. The van der Waals surface area contributed by atoms with E-state index in [0.717, 1.165) is 19.4 Å². The second-order valence-electron chi connectivity index (χ2n) is 5.67. The molecule has 1 aromatic rings. The highest BCUT2D eigenvalue weighted by Gasteiger charge is 2.23. The third kappa shape index (κ3) is 3.64. The van der Waals surface area contributed by atoms with Crippen molar-refractivity contribution in [1.82, 2.24) is 0 Å². The van der Waals surface area contributed by atoms with Crippen LogP contribution in [-0.4, -0.2) is 6.54 Å². The van der Waals surface area contributed by atoms with E-state index < -0.39 is 0 Å². The molecule has 1 nitrogen and oxygen atoms in total. The number of nitrogens with two attached hydrogens (primary N) is 1. The van der Waals surface area contributed by atoms with Crippen LogP contribution in [0.2, 0.25) is 0 Å². The van der Waals surface area contributed by atoms with E-state index in [-0.39, 0.29) is 5.41 Å². The zero-order chi connectivity index (χ0) is 12.2. The Morgan fingerprint density at radius 3 is 1.94 bits per heavy atom. The van der Waals surface area contributed by atoms with E-state index in [4.69, 9.17) is 5.73 Å². The van der Waals surface area contributed by atoms with Crippen LogP contribution < -0.4 is 5.73 Å². The predicted octanol–water partition coefficient (Wildman–Crippen LogP) is 3.41. The van der Waals surface area contributed by atoms with E-state index in [1.54, 1.807) is 0 Å². The average molecular weight is 219 g/mol. The standard InChI is InChI=1S/C15H25N/c1-5-12-6-8-13(9-7-12)10-14(11-16)15(2,3)4/h6-9,14H,5,10-11,16H2,1-4H3. The molecule has 0 saturated heterocycles. The van der Waals surface area contributed by atoms with Crippen LogP contribution in [0.15, 0.2) is 24.3 Å². The Morgan fingerprint density at radius 1 is 1.06 bits per heavy atom. The van der Waals surface area contributed by atoms with Gasteiger partial charge in [-0.15, -0.1) is 0 Å². The van der Waals surface area contributed by atoms with Gasteiger partial charge in [0.15, 0.2) is 0 Å². The molecule has 0 amide bonds. The summed E-state index contributed by atoms with van der Waals surface area (Å²) in [5.41, 5.74) is 8.96. The number of rotatable bonds is 4. The first-order chi connectivity index (χ1) is 7.47. The Morgan fingerprint density at radius 2 is 1.56 bits per heavy atom. The molecule has 0 bridgehead atoms. The Labute approximate surface area is 100 Å². The topological polar surface area (TPSA) is 26.0 Å².